The molecule has 1 N–H and O–H groups in total. The van der Waals surface area contributed by atoms with Gasteiger partial charge in [0.05, 0.1) is 8.81 Å². The van der Waals surface area contributed by atoms with Gasteiger partial charge in [0.1, 0.15) is 0 Å². The SMILES string of the molecule is C=CC(F)PO. The first-order valence-corrected chi connectivity index (χ1v) is 2.50. The summed E-state index contributed by atoms with van der Waals surface area (Å²) in [5.74, 6) is -1.22. The Labute approximate surface area is 37.7 Å². The van der Waals surface area contributed by atoms with Crippen molar-refractivity contribution in [1.29, 1.82) is 0 Å². The molecule has 0 spiro atoms. The highest BCUT2D eigenvalue weighted by molar-refractivity contribution is 7.32. The smallest absolute Gasteiger partial charge is 0.158 e. The first-order valence-electron chi connectivity index (χ1n) is 1.47. The van der Waals surface area contributed by atoms with E-state index in [1.165, 1.54) is 0 Å². The van der Waals surface area contributed by atoms with Crippen LogP contribution in [0, 0.1) is 0 Å². The standard InChI is InChI=1S/C3H6FOP/c1-2-3(4)6-5/h2-3,5-6H,1H2. The van der Waals surface area contributed by atoms with Crippen molar-refractivity contribution in [3.63, 3.8) is 0 Å². The highest BCUT2D eigenvalue weighted by atomic mass is 31.1. The Kier molecular flexibility index (Phi) is 3.29. The molecule has 0 fully saturated rings. The van der Waals surface area contributed by atoms with E-state index in [9.17, 15) is 4.39 Å². The Bertz CT molecular complexity index is 48.1. The summed E-state index contributed by atoms with van der Waals surface area (Å²) in [6.07, 6.45) is 1.07. The van der Waals surface area contributed by atoms with E-state index in [4.69, 9.17) is 4.89 Å². The lowest BCUT2D eigenvalue weighted by Gasteiger charge is -1.88. The van der Waals surface area contributed by atoms with E-state index in [1.54, 1.807) is 0 Å². The van der Waals surface area contributed by atoms with Gasteiger partial charge in [-0.1, -0.05) is 12.7 Å². The third-order valence-electron chi connectivity index (χ3n) is 0.330. The minimum atomic E-state index is -1.22. The molecule has 2 unspecified atom stereocenters. The monoisotopic (exact) mass is 108 g/mol. The number of hydrogen-bond acceptors (Lipinski definition) is 1. The van der Waals surface area contributed by atoms with Crippen LogP contribution < -0.4 is 0 Å². The lowest BCUT2D eigenvalue weighted by Crippen LogP contribution is -1.77. The van der Waals surface area contributed by atoms with Crippen LogP contribution >= 0.6 is 8.81 Å². The average Bonchev–Trinajstić information content (AvgIpc) is 1.65. The largest absolute Gasteiger partial charge is 0.374 e. The van der Waals surface area contributed by atoms with Crippen LogP contribution in [0.2, 0.25) is 0 Å². The summed E-state index contributed by atoms with van der Waals surface area (Å²) in [5.41, 5.74) is 0. The van der Waals surface area contributed by atoms with Gasteiger partial charge >= 0.3 is 0 Å². The third kappa shape index (κ3) is 2.31. The molecule has 0 radical (unpaired) electrons. The topological polar surface area (TPSA) is 20.2 Å². The van der Waals surface area contributed by atoms with Crippen molar-refractivity contribution in [1.82, 2.24) is 0 Å². The van der Waals surface area contributed by atoms with E-state index in [0.717, 1.165) is 6.08 Å². The number of halogens is 1. The molecule has 0 aromatic heterocycles. The van der Waals surface area contributed by atoms with Gasteiger partial charge in [-0.2, -0.15) is 0 Å². The van der Waals surface area contributed by atoms with Crippen LogP contribution in [-0.4, -0.2) is 10.8 Å². The minimum Gasteiger partial charge on any atom is -0.374 e. The Morgan fingerprint density at radius 2 is 2.50 bits per heavy atom. The van der Waals surface area contributed by atoms with Crippen LogP contribution in [0.25, 0.3) is 0 Å². The minimum absolute atomic E-state index is 0.653. The predicted molar refractivity (Wildman–Crippen MR) is 25.6 cm³/mol. The maximum absolute atomic E-state index is 11.5. The Hall–Kier alpha value is 0.0600. The van der Waals surface area contributed by atoms with Gasteiger partial charge in [0.25, 0.3) is 0 Å². The maximum Gasteiger partial charge on any atom is 0.158 e. The van der Waals surface area contributed by atoms with E-state index in [2.05, 4.69) is 6.58 Å². The molecular formula is C3H6FOP. The molecule has 0 aliphatic heterocycles. The molecule has 0 aliphatic carbocycles. The van der Waals surface area contributed by atoms with Crippen LogP contribution in [0.4, 0.5) is 4.39 Å². The molecule has 0 saturated carbocycles. The van der Waals surface area contributed by atoms with Gasteiger partial charge in [-0.25, -0.2) is 4.39 Å². The summed E-state index contributed by atoms with van der Waals surface area (Å²) in [6, 6.07) is 0. The third-order valence-corrected chi connectivity index (χ3v) is 0.813. The molecule has 0 aliphatic rings. The Balaban J connectivity index is 2.96. The van der Waals surface area contributed by atoms with Gasteiger partial charge in [0.15, 0.2) is 5.91 Å². The Morgan fingerprint density at radius 1 is 2.00 bits per heavy atom. The van der Waals surface area contributed by atoms with Gasteiger partial charge in [0.2, 0.25) is 0 Å². The molecule has 0 rings (SSSR count). The quantitative estimate of drug-likeness (QED) is 0.414. The van der Waals surface area contributed by atoms with Crippen LogP contribution in [0.3, 0.4) is 0 Å². The molecule has 36 valence electrons. The molecule has 0 amide bonds. The van der Waals surface area contributed by atoms with E-state index < -0.39 is 14.7 Å². The first-order chi connectivity index (χ1) is 2.81. The van der Waals surface area contributed by atoms with Crippen molar-refractivity contribution in [3.05, 3.63) is 12.7 Å². The fourth-order valence-electron chi connectivity index (χ4n) is 0.0527. The average molecular weight is 108 g/mol. The molecule has 6 heavy (non-hydrogen) atoms. The van der Waals surface area contributed by atoms with Crippen molar-refractivity contribution in [2.24, 2.45) is 0 Å². The van der Waals surface area contributed by atoms with Gasteiger partial charge in [-0.3, -0.25) is 0 Å². The lowest BCUT2D eigenvalue weighted by molar-refractivity contribution is 0.486. The fraction of sp³-hybridized carbons (Fsp3) is 0.333. The van der Waals surface area contributed by atoms with Crippen LogP contribution in [0.1, 0.15) is 0 Å². The van der Waals surface area contributed by atoms with Gasteiger partial charge < -0.3 is 4.89 Å². The summed E-state index contributed by atoms with van der Waals surface area (Å²) in [4.78, 5) is 7.92. The normalized spacial score (nSPS) is 15.7. The van der Waals surface area contributed by atoms with E-state index in [1.807, 2.05) is 0 Å². The highest BCUT2D eigenvalue weighted by Crippen LogP contribution is 2.13. The van der Waals surface area contributed by atoms with Gasteiger partial charge in [-0.15, -0.1) is 0 Å². The lowest BCUT2D eigenvalue weighted by atomic mass is 10.7. The van der Waals surface area contributed by atoms with E-state index in [0.29, 0.717) is 0 Å². The molecule has 0 aromatic rings. The first kappa shape index (κ1) is 6.06. The van der Waals surface area contributed by atoms with Crippen molar-refractivity contribution < 1.29 is 9.28 Å². The number of alkyl halides is 1. The van der Waals surface area contributed by atoms with E-state index in [-0.39, 0.29) is 0 Å². The fourth-order valence-corrected chi connectivity index (χ4v) is 0.158. The van der Waals surface area contributed by atoms with Crippen molar-refractivity contribution in [2.45, 2.75) is 5.91 Å². The van der Waals surface area contributed by atoms with Gasteiger partial charge in [0, 0.05) is 0 Å². The summed E-state index contributed by atoms with van der Waals surface area (Å²) in [5, 5.41) is 0. The summed E-state index contributed by atoms with van der Waals surface area (Å²) in [7, 11) is -0.653. The molecule has 0 saturated heterocycles. The number of hydrogen-bond donors (Lipinski definition) is 1. The maximum atomic E-state index is 11.5. The predicted octanol–water partition coefficient (Wildman–Crippen LogP) is 1.05. The molecule has 1 nitrogen and oxygen atoms in total. The van der Waals surface area contributed by atoms with Crippen molar-refractivity contribution >= 4 is 8.81 Å². The zero-order chi connectivity index (χ0) is 4.99. The molecule has 0 bridgehead atoms. The van der Waals surface area contributed by atoms with Crippen LogP contribution in [0.15, 0.2) is 12.7 Å². The summed E-state index contributed by atoms with van der Waals surface area (Å²) in [6.45, 7) is 3.10. The second-order valence-electron chi connectivity index (χ2n) is 0.767. The molecule has 3 heteroatoms. The number of allylic oxidation sites excluding steroid dienone is 1. The zero-order valence-corrected chi connectivity index (χ0v) is 4.19. The zero-order valence-electron chi connectivity index (χ0n) is 3.19. The second-order valence-corrected chi connectivity index (χ2v) is 1.58. The summed E-state index contributed by atoms with van der Waals surface area (Å²) < 4.78 is 11.5. The van der Waals surface area contributed by atoms with Crippen molar-refractivity contribution in [3.8, 4) is 0 Å². The molecule has 2 atom stereocenters. The molecular weight excluding hydrogens is 102 g/mol. The van der Waals surface area contributed by atoms with Crippen LogP contribution in [-0.2, 0) is 0 Å². The Morgan fingerprint density at radius 3 is 2.50 bits per heavy atom. The molecule has 0 heterocycles. The molecule has 0 aromatic carbocycles. The highest BCUT2D eigenvalue weighted by Gasteiger charge is 1.91. The second kappa shape index (κ2) is 3.26. The van der Waals surface area contributed by atoms with Crippen LogP contribution in [0.5, 0.6) is 0 Å². The van der Waals surface area contributed by atoms with Gasteiger partial charge in [-0.05, 0) is 0 Å². The number of rotatable bonds is 2. The summed E-state index contributed by atoms with van der Waals surface area (Å²) >= 11 is 0. The van der Waals surface area contributed by atoms with E-state index >= 15 is 0 Å². The van der Waals surface area contributed by atoms with Crippen molar-refractivity contribution in [2.75, 3.05) is 0 Å².